The molecule has 3 aromatic rings. The number of aryl methyl sites for hydroxylation is 2. The molecule has 1 unspecified atom stereocenters. The fourth-order valence-electron chi connectivity index (χ4n) is 4.97. The minimum atomic E-state index is -4.46. The summed E-state index contributed by atoms with van der Waals surface area (Å²) < 4.78 is 56.9. The summed E-state index contributed by atoms with van der Waals surface area (Å²) in [7, 11) is 3.16. The number of benzene rings is 3. The number of para-hydroxylation sites is 1. The average molecular weight is 559 g/mol. The second kappa shape index (κ2) is 12.2. The molecule has 1 aliphatic rings. The number of halogens is 3. The van der Waals surface area contributed by atoms with Gasteiger partial charge in [0.25, 0.3) is 0 Å². The molecular formula is C30H33F3N2O3S. The molecule has 5 nitrogen and oxygen atoms in total. The lowest BCUT2D eigenvalue weighted by molar-refractivity contribution is -0.137. The molecule has 0 aromatic heterocycles. The van der Waals surface area contributed by atoms with Crippen molar-refractivity contribution < 1.29 is 27.4 Å². The van der Waals surface area contributed by atoms with Crippen molar-refractivity contribution in [2.45, 2.75) is 45.3 Å². The van der Waals surface area contributed by atoms with Crippen LogP contribution in [0.25, 0.3) is 0 Å². The molecule has 3 aromatic carbocycles. The molecule has 39 heavy (non-hydrogen) atoms. The Morgan fingerprint density at radius 3 is 2.23 bits per heavy atom. The summed E-state index contributed by atoms with van der Waals surface area (Å²) in [5.74, 6) is 1.32. The summed E-state index contributed by atoms with van der Waals surface area (Å²) in [6.07, 6.45) is -2.06. The van der Waals surface area contributed by atoms with Crippen LogP contribution in [0.2, 0.25) is 0 Å². The molecule has 1 aliphatic heterocycles. The van der Waals surface area contributed by atoms with Gasteiger partial charge in [-0.05, 0) is 84.1 Å². The first-order valence-electron chi connectivity index (χ1n) is 12.9. The minimum Gasteiger partial charge on any atom is -0.493 e. The number of hydrogen-bond acceptors (Lipinski definition) is 4. The van der Waals surface area contributed by atoms with E-state index in [4.69, 9.17) is 26.4 Å². The first-order valence-corrected chi connectivity index (χ1v) is 13.3. The molecule has 0 fully saturated rings. The van der Waals surface area contributed by atoms with Crippen LogP contribution in [-0.4, -0.2) is 37.4 Å². The third-order valence-corrected chi connectivity index (χ3v) is 7.40. The number of nitrogens with one attached hydrogen (secondary N) is 1. The van der Waals surface area contributed by atoms with Crippen LogP contribution in [-0.2, 0) is 25.4 Å². The first kappa shape index (κ1) is 28.5. The maximum absolute atomic E-state index is 13.3. The zero-order valence-electron chi connectivity index (χ0n) is 22.5. The number of fused-ring (bicyclic) bond motifs is 1. The van der Waals surface area contributed by atoms with E-state index in [-0.39, 0.29) is 18.4 Å². The summed E-state index contributed by atoms with van der Waals surface area (Å²) in [5.41, 5.74) is 4.55. The van der Waals surface area contributed by atoms with Gasteiger partial charge in [-0.25, -0.2) is 0 Å². The highest BCUT2D eigenvalue weighted by Crippen LogP contribution is 2.39. The van der Waals surface area contributed by atoms with E-state index in [9.17, 15) is 13.2 Å². The van der Waals surface area contributed by atoms with Crippen molar-refractivity contribution in [3.63, 3.8) is 0 Å². The van der Waals surface area contributed by atoms with E-state index in [0.29, 0.717) is 29.6 Å². The highest BCUT2D eigenvalue weighted by Gasteiger charge is 2.33. The van der Waals surface area contributed by atoms with Gasteiger partial charge in [-0.3, -0.25) is 0 Å². The predicted octanol–water partition coefficient (Wildman–Crippen LogP) is 7.22. The van der Waals surface area contributed by atoms with Crippen molar-refractivity contribution in [1.82, 2.24) is 4.90 Å². The third kappa shape index (κ3) is 6.24. The maximum atomic E-state index is 13.3. The van der Waals surface area contributed by atoms with Crippen molar-refractivity contribution >= 4 is 23.0 Å². The fourth-order valence-corrected chi connectivity index (χ4v) is 5.29. The van der Waals surface area contributed by atoms with Crippen LogP contribution < -0.4 is 19.5 Å². The Morgan fingerprint density at radius 1 is 0.974 bits per heavy atom. The number of nitrogens with zero attached hydrogens (tertiary/aromatic N) is 1. The summed E-state index contributed by atoms with van der Waals surface area (Å²) in [4.78, 5) is 2.04. The van der Waals surface area contributed by atoms with Gasteiger partial charge in [-0.2, -0.15) is 13.2 Å². The van der Waals surface area contributed by atoms with Gasteiger partial charge in [0.2, 0.25) is 0 Å². The van der Waals surface area contributed by atoms with Gasteiger partial charge in [0.1, 0.15) is 12.4 Å². The van der Waals surface area contributed by atoms with Crippen LogP contribution in [0.4, 0.5) is 18.9 Å². The standard InChI is InChI=1S/C30H33F3N2O3S/c1-5-19-9-7-10-20(6-2)28(19)34-29(39)35-14-13-21-15-26(36-3)27(37-4)17-24(21)25(35)18-38-23-12-8-11-22(16-23)30(31,32)33/h7-12,15-17,25H,5-6,13-14,18H2,1-4H3,(H,34,39). The van der Waals surface area contributed by atoms with Gasteiger partial charge in [0.15, 0.2) is 16.6 Å². The molecule has 0 radical (unpaired) electrons. The van der Waals surface area contributed by atoms with E-state index in [0.717, 1.165) is 52.9 Å². The van der Waals surface area contributed by atoms with Crippen molar-refractivity contribution in [3.05, 3.63) is 82.4 Å². The van der Waals surface area contributed by atoms with E-state index in [2.05, 4.69) is 37.4 Å². The second-order valence-corrected chi connectivity index (χ2v) is 9.68. The van der Waals surface area contributed by atoms with E-state index < -0.39 is 11.7 Å². The van der Waals surface area contributed by atoms with Crippen molar-refractivity contribution in [2.24, 2.45) is 0 Å². The second-order valence-electron chi connectivity index (χ2n) is 9.29. The highest BCUT2D eigenvalue weighted by molar-refractivity contribution is 7.80. The van der Waals surface area contributed by atoms with Crippen LogP contribution in [0.1, 0.15) is 47.7 Å². The minimum absolute atomic E-state index is 0.0850. The van der Waals surface area contributed by atoms with E-state index in [1.165, 1.54) is 12.1 Å². The Hall–Kier alpha value is -3.46. The average Bonchev–Trinajstić information content (AvgIpc) is 2.94. The van der Waals surface area contributed by atoms with Gasteiger partial charge in [-0.15, -0.1) is 0 Å². The van der Waals surface area contributed by atoms with Gasteiger partial charge in [0.05, 0.1) is 25.8 Å². The van der Waals surface area contributed by atoms with Crippen LogP contribution in [0, 0.1) is 0 Å². The van der Waals surface area contributed by atoms with Crippen LogP contribution >= 0.6 is 12.2 Å². The molecular weight excluding hydrogens is 525 g/mol. The SMILES string of the molecule is CCc1cccc(CC)c1NC(=S)N1CCc2cc(OC)c(OC)cc2C1COc1cccc(C(F)(F)F)c1. The van der Waals surface area contributed by atoms with E-state index >= 15 is 0 Å². The summed E-state index contributed by atoms with van der Waals surface area (Å²) >= 11 is 5.94. The molecule has 1 N–H and O–H groups in total. The Bertz CT molecular complexity index is 1310. The number of thiocarbonyl (C=S) groups is 1. The lowest BCUT2D eigenvalue weighted by Gasteiger charge is -2.39. The first-order chi connectivity index (χ1) is 18.7. The van der Waals surface area contributed by atoms with E-state index in [1.807, 2.05) is 17.0 Å². The van der Waals surface area contributed by atoms with Crippen LogP contribution in [0.5, 0.6) is 17.2 Å². The molecule has 1 atom stereocenters. The topological polar surface area (TPSA) is 43.0 Å². The van der Waals surface area contributed by atoms with Gasteiger partial charge in [0, 0.05) is 12.2 Å². The Morgan fingerprint density at radius 2 is 1.62 bits per heavy atom. The van der Waals surface area contributed by atoms with Gasteiger partial charge < -0.3 is 24.4 Å². The predicted molar refractivity (Wildman–Crippen MR) is 151 cm³/mol. The lowest BCUT2D eigenvalue weighted by atomic mass is 9.92. The fraction of sp³-hybridized carbons (Fsp3) is 0.367. The molecule has 0 saturated carbocycles. The van der Waals surface area contributed by atoms with Crippen LogP contribution in [0.15, 0.2) is 54.6 Å². The molecule has 208 valence electrons. The zero-order chi connectivity index (χ0) is 28.2. The normalized spacial score (nSPS) is 14.9. The molecule has 0 aliphatic carbocycles. The Kier molecular flexibility index (Phi) is 8.90. The zero-order valence-corrected chi connectivity index (χ0v) is 23.3. The smallest absolute Gasteiger partial charge is 0.416 e. The Labute approximate surface area is 232 Å². The van der Waals surface area contributed by atoms with Crippen molar-refractivity contribution in [2.75, 3.05) is 32.7 Å². The Balaban J connectivity index is 1.69. The number of alkyl halides is 3. The largest absolute Gasteiger partial charge is 0.493 e. The quantitative estimate of drug-likeness (QED) is 0.295. The molecule has 0 amide bonds. The lowest BCUT2D eigenvalue weighted by Crippen LogP contribution is -2.44. The highest BCUT2D eigenvalue weighted by atomic mass is 32.1. The number of ether oxygens (including phenoxy) is 3. The van der Waals surface area contributed by atoms with Crippen molar-refractivity contribution in [3.8, 4) is 17.2 Å². The molecule has 0 bridgehead atoms. The monoisotopic (exact) mass is 558 g/mol. The molecule has 0 spiro atoms. The number of anilines is 1. The number of methoxy groups -OCH3 is 2. The maximum Gasteiger partial charge on any atom is 0.416 e. The number of rotatable bonds is 8. The van der Waals surface area contributed by atoms with Gasteiger partial charge >= 0.3 is 6.18 Å². The third-order valence-electron chi connectivity index (χ3n) is 7.06. The number of hydrogen-bond donors (Lipinski definition) is 1. The molecule has 1 heterocycles. The molecule has 4 rings (SSSR count). The summed E-state index contributed by atoms with van der Waals surface area (Å²) in [6, 6.07) is 14.6. The summed E-state index contributed by atoms with van der Waals surface area (Å²) in [6.45, 7) is 4.89. The molecule has 9 heteroatoms. The van der Waals surface area contributed by atoms with E-state index in [1.54, 1.807) is 14.2 Å². The van der Waals surface area contributed by atoms with Crippen molar-refractivity contribution in [1.29, 1.82) is 0 Å². The summed E-state index contributed by atoms with van der Waals surface area (Å²) in [5, 5.41) is 4.02. The molecule has 0 saturated heterocycles. The van der Waals surface area contributed by atoms with Crippen LogP contribution in [0.3, 0.4) is 0 Å². The van der Waals surface area contributed by atoms with Gasteiger partial charge in [-0.1, -0.05) is 38.1 Å².